The minimum atomic E-state index is -0.205. The highest BCUT2D eigenvalue weighted by Gasteiger charge is 2.22. The second kappa shape index (κ2) is 12.6. The predicted molar refractivity (Wildman–Crippen MR) is 139 cm³/mol. The Labute approximate surface area is 209 Å². The van der Waals surface area contributed by atoms with Gasteiger partial charge < -0.3 is 25.7 Å². The number of piperazine rings is 1. The molecule has 0 spiro atoms. The predicted octanol–water partition coefficient (Wildman–Crippen LogP) is 2.57. The van der Waals surface area contributed by atoms with Gasteiger partial charge in [0.05, 0.1) is 30.0 Å². The van der Waals surface area contributed by atoms with Gasteiger partial charge in [-0.2, -0.15) is 4.98 Å². The van der Waals surface area contributed by atoms with E-state index < -0.39 is 0 Å². The molecule has 1 aliphatic carbocycles. The van der Waals surface area contributed by atoms with Gasteiger partial charge in [0.25, 0.3) is 0 Å². The maximum absolute atomic E-state index is 9.90. The Balaban J connectivity index is 1.51. The van der Waals surface area contributed by atoms with Crippen molar-refractivity contribution in [2.24, 2.45) is 0 Å². The van der Waals surface area contributed by atoms with Crippen molar-refractivity contribution in [2.45, 2.75) is 70.2 Å². The van der Waals surface area contributed by atoms with Gasteiger partial charge in [0.2, 0.25) is 5.95 Å². The van der Waals surface area contributed by atoms with Gasteiger partial charge in [0.15, 0.2) is 0 Å². The minimum Gasteiger partial charge on any atom is -0.394 e. The molecular formula is C26H41N7O2. The van der Waals surface area contributed by atoms with Crippen LogP contribution in [-0.2, 0) is 6.54 Å². The third-order valence-electron chi connectivity index (χ3n) is 7.12. The van der Waals surface area contributed by atoms with Crippen molar-refractivity contribution in [3.63, 3.8) is 0 Å². The van der Waals surface area contributed by atoms with Gasteiger partial charge in [0, 0.05) is 51.2 Å². The van der Waals surface area contributed by atoms with E-state index in [1.54, 1.807) is 0 Å². The molecule has 0 radical (unpaired) electrons. The van der Waals surface area contributed by atoms with Crippen LogP contribution in [0.15, 0.2) is 24.5 Å². The fourth-order valence-corrected chi connectivity index (χ4v) is 4.84. The highest BCUT2D eigenvalue weighted by atomic mass is 16.3. The summed E-state index contributed by atoms with van der Waals surface area (Å²) in [5.41, 5.74) is 2.91. The van der Waals surface area contributed by atoms with E-state index >= 15 is 0 Å². The van der Waals surface area contributed by atoms with Crippen molar-refractivity contribution in [1.82, 2.24) is 24.8 Å². The molecule has 192 valence electrons. The summed E-state index contributed by atoms with van der Waals surface area (Å²) in [6.07, 6.45) is 8.79. The average Bonchev–Trinajstić information content (AvgIpc) is 2.87. The molecule has 2 aromatic heterocycles. The standard InChI is InChI=1S/C26H41N7O2/c1-3-4-21(18-34)30-26-28-16-23(25(31-26)29-20-6-8-22(35)9-7-20)24-10-5-19(15-27-24)17-33-13-11-32(2)12-14-33/h5,10,15-16,20-22,34-35H,3-4,6-9,11-14,17-18H2,1-2H3,(H2,28,29,30,31)/t20?,21-,22?/m1/s1. The number of nitrogens with zero attached hydrogens (tertiary/aromatic N) is 5. The zero-order valence-electron chi connectivity index (χ0n) is 21.2. The van der Waals surface area contributed by atoms with Crippen molar-refractivity contribution >= 4 is 11.8 Å². The number of nitrogens with one attached hydrogen (secondary N) is 2. The maximum Gasteiger partial charge on any atom is 0.224 e. The fourth-order valence-electron chi connectivity index (χ4n) is 4.84. The summed E-state index contributed by atoms with van der Waals surface area (Å²) in [4.78, 5) is 19.0. The molecule has 4 rings (SSSR count). The Bertz CT molecular complexity index is 910. The lowest BCUT2D eigenvalue weighted by atomic mass is 9.93. The van der Waals surface area contributed by atoms with Crippen LogP contribution in [-0.4, -0.2) is 93.0 Å². The van der Waals surface area contributed by atoms with Crippen molar-refractivity contribution in [3.8, 4) is 11.3 Å². The number of hydrogen-bond acceptors (Lipinski definition) is 9. The molecule has 0 bridgehead atoms. The molecule has 9 nitrogen and oxygen atoms in total. The number of pyridine rings is 1. The third-order valence-corrected chi connectivity index (χ3v) is 7.12. The molecule has 0 aromatic carbocycles. The van der Waals surface area contributed by atoms with E-state index in [1.165, 1.54) is 5.56 Å². The second-order valence-electron chi connectivity index (χ2n) is 10.0. The number of rotatable bonds is 10. The first-order valence-corrected chi connectivity index (χ1v) is 13.1. The molecule has 1 saturated carbocycles. The summed E-state index contributed by atoms with van der Waals surface area (Å²) in [5.74, 6) is 1.25. The van der Waals surface area contributed by atoms with Crippen molar-refractivity contribution < 1.29 is 10.2 Å². The molecule has 2 fully saturated rings. The van der Waals surface area contributed by atoms with E-state index in [2.05, 4.69) is 51.5 Å². The van der Waals surface area contributed by atoms with Crippen LogP contribution in [0.2, 0.25) is 0 Å². The lowest BCUT2D eigenvalue weighted by molar-refractivity contribution is 0.126. The monoisotopic (exact) mass is 483 g/mol. The number of aromatic nitrogens is 3. The fraction of sp³-hybridized carbons (Fsp3) is 0.654. The summed E-state index contributed by atoms with van der Waals surface area (Å²) in [6, 6.07) is 4.38. The van der Waals surface area contributed by atoms with Crippen LogP contribution in [0.25, 0.3) is 11.3 Å². The van der Waals surface area contributed by atoms with Crippen molar-refractivity contribution in [2.75, 3.05) is 50.5 Å². The van der Waals surface area contributed by atoms with E-state index in [-0.39, 0.29) is 24.8 Å². The number of aliphatic hydroxyl groups excluding tert-OH is 2. The highest BCUT2D eigenvalue weighted by molar-refractivity contribution is 5.73. The highest BCUT2D eigenvalue weighted by Crippen LogP contribution is 2.29. The van der Waals surface area contributed by atoms with Crippen molar-refractivity contribution in [1.29, 1.82) is 0 Å². The Morgan fingerprint density at radius 1 is 1.06 bits per heavy atom. The van der Waals surface area contributed by atoms with E-state index in [1.807, 2.05) is 12.4 Å². The minimum absolute atomic E-state index is 0.0402. The lowest BCUT2D eigenvalue weighted by Gasteiger charge is -2.32. The number of likely N-dealkylation sites (N-methyl/N-ethyl adjacent to an activating group) is 1. The van der Waals surface area contributed by atoms with E-state index in [9.17, 15) is 10.2 Å². The molecule has 1 atom stereocenters. The first-order chi connectivity index (χ1) is 17.0. The largest absolute Gasteiger partial charge is 0.394 e. The zero-order chi connectivity index (χ0) is 24.6. The molecule has 4 N–H and O–H groups in total. The SMILES string of the molecule is CCC[C@H](CO)Nc1ncc(-c2ccc(CN3CCN(C)CC3)cn2)c(NC2CCC(O)CC2)n1. The van der Waals surface area contributed by atoms with Crippen LogP contribution in [0.4, 0.5) is 11.8 Å². The average molecular weight is 484 g/mol. The molecule has 9 heteroatoms. The summed E-state index contributed by atoms with van der Waals surface area (Å²) < 4.78 is 0. The van der Waals surface area contributed by atoms with Crippen LogP contribution in [0.1, 0.15) is 51.0 Å². The van der Waals surface area contributed by atoms with Gasteiger partial charge in [-0.25, -0.2) is 4.98 Å². The molecule has 0 unspecified atom stereocenters. The molecular weight excluding hydrogens is 442 g/mol. The summed E-state index contributed by atoms with van der Waals surface area (Å²) in [7, 11) is 2.17. The normalized spacial score (nSPS) is 22.6. The van der Waals surface area contributed by atoms with E-state index in [0.717, 1.165) is 88.3 Å². The lowest BCUT2D eigenvalue weighted by Crippen LogP contribution is -2.43. The van der Waals surface area contributed by atoms with Gasteiger partial charge in [-0.3, -0.25) is 9.88 Å². The van der Waals surface area contributed by atoms with Crippen molar-refractivity contribution in [3.05, 3.63) is 30.1 Å². The maximum atomic E-state index is 9.90. The van der Waals surface area contributed by atoms with Gasteiger partial charge in [-0.1, -0.05) is 19.4 Å². The topological polar surface area (TPSA) is 110 Å². The second-order valence-corrected chi connectivity index (χ2v) is 10.0. The van der Waals surface area contributed by atoms with Gasteiger partial charge >= 0.3 is 0 Å². The molecule has 2 aliphatic rings. The number of aliphatic hydroxyl groups is 2. The molecule has 0 amide bonds. The van der Waals surface area contributed by atoms with E-state index in [0.29, 0.717) is 5.95 Å². The first-order valence-electron chi connectivity index (χ1n) is 13.1. The Kier molecular flexibility index (Phi) is 9.25. The number of hydrogen-bond donors (Lipinski definition) is 4. The van der Waals surface area contributed by atoms with Crippen LogP contribution in [0.3, 0.4) is 0 Å². The van der Waals surface area contributed by atoms with Gasteiger partial charge in [0.1, 0.15) is 5.82 Å². The smallest absolute Gasteiger partial charge is 0.224 e. The quantitative estimate of drug-likeness (QED) is 0.405. The Morgan fingerprint density at radius 2 is 1.83 bits per heavy atom. The van der Waals surface area contributed by atoms with Crippen LogP contribution >= 0.6 is 0 Å². The Hall–Kier alpha value is -2.33. The summed E-state index contributed by atoms with van der Waals surface area (Å²) in [5, 5.41) is 26.5. The van der Waals surface area contributed by atoms with Crippen LogP contribution < -0.4 is 10.6 Å². The molecule has 1 aliphatic heterocycles. The summed E-state index contributed by atoms with van der Waals surface area (Å²) in [6.45, 7) is 7.42. The summed E-state index contributed by atoms with van der Waals surface area (Å²) >= 11 is 0. The Morgan fingerprint density at radius 3 is 2.49 bits per heavy atom. The van der Waals surface area contributed by atoms with Crippen LogP contribution in [0.5, 0.6) is 0 Å². The van der Waals surface area contributed by atoms with Crippen LogP contribution in [0, 0.1) is 0 Å². The number of anilines is 2. The molecule has 1 saturated heterocycles. The van der Waals surface area contributed by atoms with E-state index in [4.69, 9.17) is 9.97 Å². The molecule has 35 heavy (non-hydrogen) atoms. The molecule has 2 aromatic rings. The van der Waals surface area contributed by atoms with Gasteiger partial charge in [-0.15, -0.1) is 0 Å². The van der Waals surface area contributed by atoms with Gasteiger partial charge in [-0.05, 0) is 50.8 Å². The zero-order valence-corrected chi connectivity index (χ0v) is 21.2. The molecule has 3 heterocycles. The third kappa shape index (κ3) is 7.33. The first kappa shape index (κ1) is 25.8.